The van der Waals surface area contributed by atoms with Gasteiger partial charge < -0.3 is 29.3 Å². The Balaban J connectivity index is -0.000000180. The predicted molar refractivity (Wildman–Crippen MR) is 292 cm³/mol. The van der Waals surface area contributed by atoms with Crippen LogP contribution in [0.15, 0.2) is 30.3 Å². The van der Waals surface area contributed by atoms with Crippen LogP contribution in [-0.2, 0) is 33.4 Å². The van der Waals surface area contributed by atoms with Gasteiger partial charge in [0.25, 0.3) is 0 Å². The lowest BCUT2D eigenvalue weighted by molar-refractivity contribution is -0.156. The van der Waals surface area contributed by atoms with E-state index in [1.807, 2.05) is 141 Å². The van der Waals surface area contributed by atoms with Gasteiger partial charge in [-0.3, -0.25) is 24.0 Å². The lowest BCUT2D eigenvalue weighted by atomic mass is 9.89. The lowest BCUT2D eigenvalue weighted by Crippen LogP contribution is -2.35. The number of amides is 1. The van der Waals surface area contributed by atoms with Crippen LogP contribution in [0.4, 0.5) is 0 Å². The number of aliphatic carboxylic acids is 2. The van der Waals surface area contributed by atoms with Crippen molar-refractivity contribution >= 4 is 29.8 Å². The highest BCUT2D eigenvalue weighted by Crippen LogP contribution is 2.24. The van der Waals surface area contributed by atoms with Crippen LogP contribution in [0.5, 0.6) is 5.75 Å². The first-order valence-electron chi connectivity index (χ1n) is 26.1. The number of nitrogens with zero attached hydrogens (tertiary/aromatic N) is 3. The molecule has 0 fully saturated rings. The van der Waals surface area contributed by atoms with Gasteiger partial charge in [0.15, 0.2) is 0 Å². The molecule has 1 aromatic rings. The largest absolute Gasteiger partial charge is 0.490 e. The zero-order valence-electron chi connectivity index (χ0n) is 49.5. The SMILES string of the molecule is CCC(C)(C)C#N.CCC(C)(C)C(=O)N(C)C.CCC(C)(C)C(=O)O.CCC(C)(C)C(=O)OCCOc1ccccc1.CCC(C)C#N.CCC(C)C(=O)O.CCCCC(CC)COC(=O)C(C)(C)CC. The summed E-state index contributed by atoms with van der Waals surface area (Å²) in [5, 5.41) is 33.1. The average Bonchev–Trinajstić information content (AvgIpc) is 3.35. The number of nitriles is 2. The van der Waals surface area contributed by atoms with Crippen molar-refractivity contribution in [1.82, 2.24) is 4.90 Å². The van der Waals surface area contributed by atoms with Crippen LogP contribution in [-0.4, -0.2) is 78.8 Å². The van der Waals surface area contributed by atoms with Crippen molar-refractivity contribution in [2.75, 3.05) is 33.9 Å². The number of para-hydroxylation sites is 1. The third-order valence-electron chi connectivity index (χ3n) is 12.6. The van der Waals surface area contributed by atoms with E-state index in [1.165, 1.54) is 19.3 Å². The van der Waals surface area contributed by atoms with Crippen molar-refractivity contribution in [3.05, 3.63) is 30.3 Å². The fraction of sp³-hybridized carbons (Fsp3) is 0.776. The van der Waals surface area contributed by atoms with Gasteiger partial charge in [-0.15, -0.1) is 0 Å². The molecule has 2 N–H and O–H groups in total. The number of carbonyl (C=O) groups excluding carboxylic acids is 3. The van der Waals surface area contributed by atoms with Gasteiger partial charge in [0, 0.05) is 25.4 Å². The Morgan fingerprint density at radius 3 is 1.31 bits per heavy atom. The zero-order chi connectivity index (χ0) is 57.2. The molecule has 0 aliphatic carbocycles. The van der Waals surface area contributed by atoms with Crippen molar-refractivity contribution in [2.24, 2.45) is 44.8 Å². The molecule has 0 aromatic heterocycles. The summed E-state index contributed by atoms with van der Waals surface area (Å²) in [6.07, 6.45) is 10.5. The minimum Gasteiger partial charge on any atom is -0.490 e. The lowest BCUT2D eigenvalue weighted by Gasteiger charge is -2.25. The van der Waals surface area contributed by atoms with E-state index in [-0.39, 0.29) is 52.5 Å². The first-order valence-corrected chi connectivity index (χ1v) is 26.1. The Morgan fingerprint density at radius 2 is 1.07 bits per heavy atom. The molecule has 1 amide bonds. The molecule has 13 nitrogen and oxygen atoms in total. The van der Waals surface area contributed by atoms with Crippen molar-refractivity contribution in [1.29, 1.82) is 10.5 Å². The van der Waals surface area contributed by atoms with Crippen LogP contribution in [0, 0.1) is 67.5 Å². The Hall–Kier alpha value is -4.65. The van der Waals surface area contributed by atoms with Gasteiger partial charge >= 0.3 is 23.9 Å². The summed E-state index contributed by atoms with van der Waals surface area (Å²) in [5.41, 5.74) is -1.58. The van der Waals surface area contributed by atoms with E-state index in [4.69, 9.17) is 34.9 Å². The summed E-state index contributed by atoms with van der Waals surface area (Å²) in [6.45, 7) is 41.9. The number of hydrogen-bond donors (Lipinski definition) is 2. The van der Waals surface area contributed by atoms with E-state index in [0.29, 0.717) is 25.6 Å². The predicted octanol–water partition coefficient (Wildman–Crippen LogP) is 14.9. The molecule has 1 rings (SSSR count). The highest BCUT2D eigenvalue weighted by atomic mass is 16.6. The standard InChI is InChI=1S/C14H20O3.C14H28O2.C8H17NO.C6H11N.C6H12O2.C5H9N.C5H10O2/c1-4-14(2,3)13(15)17-11-10-16-12-8-6-5-7-9-12;1-6-9-10-12(7-2)11-16-13(15)14(4,5)8-3;1-6-8(2,3)7(10)9(4)5;1-4-6(2,3)5-7;1-4-6(2,3)5(7)8;1-3-5(2)4-6;1-3-4(2)5(6)7/h5-9H,4,10-11H2,1-3H3;12H,6-11H2,1-5H3;6H2,1-5H3;4H2,1-3H3;4H2,1-3H3,(H,7,8);5H,3H2,1-2H3;4H,3H2,1-2H3,(H,6,7). The number of ether oxygens (including phenoxy) is 3. The fourth-order valence-corrected chi connectivity index (χ4v) is 3.83. The quantitative estimate of drug-likeness (QED) is 0.0822. The molecule has 71 heavy (non-hydrogen) atoms. The molecule has 0 radical (unpaired) electrons. The Kier molecular flexibility index (Phi) is 47.1. The molecule has 0 aliphatic heterocycles. The van der Waals surface area contributed by atoms with E-state index in [2.05, 4.69) is 26.0 Å². The van der Waals surface area contributed by atoms with Crippen LogP contribution >= 0.6 is 0 Å². The third kappa shape index (κ3) is 43.8. The molecule has 0 spiro atoms. The van der Waals surface area contributed by atoms with Gasteiger partial charge in [-0.1, -0.05) is 121 Å². The Morgan fingerprint density at radius 1 is 0.620 bits per heavy atom. The molecular weight excluding hydrogens is 899 g/mol. The van der Waals surface area contributed by atoms with Crippen LogP contribution in [0.2, 0.25) is 0 Å². The smallest absolute Gasteiger partial charge is 0.311 e. The summed E-state index contributed by atoms with van der Waals surface area (Å²) in [6, 6.07) is 13.8. The molecule has 0 saturated heterocycles. The topological polar surface area (TPSA) is 204 Å². The summed E-state index contributed by atoms with van der Waals surface area (Å²) >= 11 is 0. The zero-order valence-corrected chi connectivity index (χ0v) is 49.5. The van der Waals surface area contributed by atoms with Gasteiger partial charge in [0.1, 0.15) is 19.0 Å². The molecule has 13 heteroatoms. The number of carbonyl (C=O) groups is 5. The summed E-state index contributed by atoms with van der Waals surface area (Å²) in [7, 11) is 3.58. The second kappa shape index (κ2) is 43.0. The second-order valence-corrected chi connectivity index (χ2v) is 21.2. The van der Waals surface area contributed by atoms with Crippen molar-refractivity contribution in [3.63, 3.8) is 0 Å². The number of rotatable bonds is 22. The molecule has 0 heterocycles. The first kappa shape index (κ1) is 77.8. The molecule has 0 saturated carbocycles. The van der Waals surface area contributed by atoms with Gasteiger partial charge in [-0.2, -0.15) is 10.5 Å². The van der Waals surface area contributed by atoms with Crippen molar-refractivity contribution in [3.8, 4) is 17.9 Å². The van der Waals surface area contributed by atoms with E-state index in [9.17, 15) is 24.0 Å². The van der Waals surface area contributed by atoms with Crippen LogP contribution in [0.3, 0.4) is 0 Å². The maximum atomic E-state index is 11.8. The van der Waals surface area contributed by atoms with Crippen molar-refractivity contribution < 1.29 is 48.4 Å². The van der Waals surface area contributed by atoms with Crippen LogP contribution in [0.1, 0.15) is 216 Å². The van der Waals surface area contributed by atoms with E-state index in [0.717, 1.165) is 50.7 Å². The van der Waals surface area contributed by atoms with Gasteiger partial charge in [0.05, 0.1) is 46.3 Å². The van der Waals surface area contributed by atoms with Gasteiger partial charge in [-0.05, 0) is 132 Å². The summed E-state index contributed by atoms with van der Waals surface area (Å²) in [4.78, 5) is 56.5. The number of hydrogen-bond acceptors (Lipinski definition) is 10. The minimum absolute atomic E-state index is 0.0510. The monoisotopic (exact) mass is 1010 g/mol. The summed E-state index contributed by atoms with van der Waals surface area (Å²) in [5.74, 6) is -0.0565. The molecule has 0 aliphatic rings. The second-order valence-electron chi connectivity index (χ2n) is 21.2. The number of unbranched alkanes of at least 4 members (excludes halogenated alkanes) is 1. The average molecular weight is 1010 g/mol. The van der Waals surface area contributed by atoms with Crippen LogP contribution in [0.25, 0.3) is 0 Å². The van der Waals surface area contributed by atoms with Gasteiger partial charge in [-0.25, -0.2) is 0 Å². The number of benzene rings is 1. The summed E-state index contributed by atoms with van der Waals surface area (Å²) < 4.78 is 16.0. The molecule has 0 bridgehead atoms. The fourth-order valence-electron chi connectivity index (χ4n) is 3.83. The van der Waals surface area contributed by atoms with Gasteiger partial charge in [0.2, 0.25) is 5.91 Å². The molecule has 414 valence electrons. The highest BCUT2D eigenvalue weighted by molar-refractivity contribution is 5.81. The maximum absolute atomic E-state index is 11.8. The van der Waals surface area contributed by atoms with Crippen LogP contribution < -0.4 is 4.74 Å². The minimum atomic E-state index is -0.722. The Bertz CT molecular complexity index is 1620. The molecule has 3 unspecified atom stereocenters. The maximum Gasteiger partial charge on any atom is 0.311 e. The molecular formula is C58H107N3O10. The van der Waals surface area contributed by atoms with Crippen molar-refractivity contribution in [2.45, 2.75) is 216 Å². The number of carboxylic acids is 2. The molecule has 3 atom stereocenters. The number of esters is 2. The third-order valence-corrected chi connectivity index (χ3v) is 12.6. The highest BCUT2D eigenvalue weighted by Gasteiger charge is 2.29. The van der Waals surface area contributed by atoms with E-state index >= 15 is 0 Å². The van der Waals surface area contributed by atoms with E-state index in [1.54, 1.807) is 39.8 Å². The molecule has 1 aromatic carbocycles. The normalized spacial score (nSPS) is 12.0. The Labute approximate surface area is 435 Å². The number of carboxylic acid groups (broad SMARTS) is 2. The first-order chi connectivity index (χ1) is 32.6. The van der Waals surface area contributed by atoms with E-state index < -0.39 is 22.8 Å².